The summed E-state index contributed by atoms with van der Waals surface area (Å²) in [5, 5.41) is 38.3. The summed E-state index contributed by atoms with van der Waals surface area (Å²) in [6.45, 7) is 12.8. The van der Waals surface area contributed by atoms with Gasteiger partial charge in [-0.1, -0.05) is 71.1 Å². The third-order valence-corrected chi connectivity index (χ3v) is 16.6. The summed E-state index contributed by atoms with van der Waals surface area (Å²) in [4.78, 5) is 72.7. The number of aliphatic hydroxyl groups excluding tert-OH is 2. The summed E-state index contributed by atoms with van der Waals surface area (Å²) in [7, 11) is -0.685. The van der Waals surface area contributed by atoms with Crippen LogP contribution in [0.3, 0.4) is 0 Å². The standard InChI is InChI=1S/C56H90N2O16S/c1-35-17-11-10-12-18-36(2)47(71-26-15-16-28-75(57,67)68)33-43-22-20-41(7)56(66,74-43)53(63)54(64)58-24-14-13-19-44(58)55(65)73-48(38(4)31-42-21-23-46(72-27-25-59)49(32-42)69-8)34-45(60)37(3)30-40(6)51(62)52(70-9)50(61)39(5)29-35/h10-12,17-18,30,35,37-39,41-44,46-49,51-52,59,62,66H,13-16,19-29,31-34H2,1-9H3,(H2,57,67,68)/b12-10+,17-11+,36-18+,40-30+/t35-,37-,38-,39-,41-,42+,43+,44+,46-,47+,48+,49-,51-,52+,56-/m1/s1. The SMILES string of the molecule is CO[C@@H]1C[C@H](C[C@@H](C)[C@@H]2CC(=O)[C@H](C)/C=C(\C)[C@@H](O)[C@@H](OC)C(=O)[C@H](C)C[C@H](C)/C=C/C=C/C=C(\C)[C@@H](OCCCCS(N)(=O)=O)C[C@@H]3CC[C@@H](C)[C@@](O)(O3)C(=O)C(=O)N3CCCC[C@H]3C(=O)O2)CC[C@H]1OCCO. The molecule has 5 N–H and O–H groups in total. The van der Waals surface area contributed by atoms with Gasteiger partial charge in [0.15, 0.2) is 5.78 Å². The van der Waals surface area contributed by atoms with Gasteiger partial charge in [0.1, 0.15) is 30.1 Å². The number of piperidine rings is 1. The molecule has 1 amide bonds. The number of fused-ring (bicyclic) bond motifs is 3. The van der Waals surface area contributed by atoms with E-state index in [1.807, 2.05) is 51.2 Å². The summed E-state index contributed by atoms with van der Waals surface area (Å²) in [6, 6.07) is -1.20. The molecule has 75 heavy (non-hydrogen) atoms. The Bertz CT molecular complexity index is 2130. The fourth-order valence-corrected chi connectivity index (χ4v) is 11.6. The molecule has 0 aromatic carbocycles. The van der Waals surface area contributed by atoms with Gasteiger partial charge in [-0.15, -0.1) is 0 Å². The van der Waals surface area contributed by atoms with Crippen molar-refractivity contribution in [1.29, 1.82) is 0 Å². The molecule has 0 aromatic heterocycles. The number of sulfonamides is 1. The molecule has 2 saturated heterocycles. The molecule has 3 fully saturated rings. The van der Waals surface area contributed by atoms with E-state index in [1.54, 1.807) is 40.9 Å². The number of aliphatic hydroxyl groups is 3. The number of carbonyl (C=O) groups excluding carboxylic acids is 5. The zero-order chi connectivity index (χ0) is 55.6. The van der Waals surface area contributed by atoms with Crippen molar-refractivity contribution in [2.75, 3.05) is 46.3 Å². The molecular weight excluding hydrogens is 989 g/mol. The number of hydrogen-bond donors (Lipinski definition) is 4. The third kappa shape index (κ3) is 19.1. The second-order valence-electron chi connectivity index (χ2n) is 21.9. The van der Waals surface area contributed by atoms with Crippen LogP contribution in [0.2, 0.25) is 0 Å². The van der Waals surface area contributed by atoms with Crippen molar-refractivity contribution < 1.29 is 76.1 Å². The highest BCUT2D eigenvalue weighted by Crippen LogP contribution is 2.38. The van der Waals surface area contributed by atoms with Crippen LogP contribution < -0.4 is 5.14 Å². The van der Waals surface area contributed by atoms with Crippen LogP contribution in [0.25, 0.3) is 0 Å². The molecule has 18 nitrogen and oxygen atoms in total. The molecule has 15 atom stereocenters. The van der Waals surface area contributed by atoms with Gasteiger partial charge in [-0.25, -0.2) is 18.4 Å². The first-order valence-corrected chi connectivity index (χ1v) is 29.0. The Balaban J connectivity index is 1.71. The number of Topliss-reactive ketones (excluding diaryl/α,β-unsaturated/α-hetero) is 3. The maximum absolute atomic E-state index is 14.6. The molecule has 2 bridgehead atoms. The van der Waals surface area contributed by atoms with Crippen LogP contribution in [-0.2, 0) is 62.4 Å². The summed E-state index contributed by atoms with van der Waals surface area (Å²) in [5.41, 5.74) is 1.14. The fourth-order valence-electron chi connectivity index (χ4n) is 11.0. The number of primary sulfonamides is 1. The highest BCUT2D eigenvalue weighted by atomic mass is 32.2. The zero-order valence-electron chi connectivity index (χ0n) is 46.1. The molecule has 0 aromatic rings. The minimum Gasteiger partial charge on any atom is -0.460 e. The summed E-state index contributed by atoms with van der Waals surface area (Å²) in [5.74, 6) is -8.73. The summed E-state index contributed by atoms with van der Waals surface area (Å²) >= 11 is 0. The van der Waals surface area contributed by atoms with Gasteiger partial charge in [0.2, 0.25) is 15.8 Å². The highest BCUT2D eigenvalue weighted by molar-refractivity contribution is 7.89. The first-order chi connectivity index (χ1) is 35.4. The minimum atomic E-state index is -3.66. The van der Waals surface area contributed by atoms with Crippen LogP contribution in [0.1, 0.15) is 138 Å². The summed E-state index contributed by atoms with van der Waals surface area (Å²) in [6.07, 6.45) is 11.4. The normalized spacial score (nSPS) is 36.8. The Labute approximate surface area is 446 Å². The Hall–Kier alpha value is -3.50. The van der Waals surface area contributed by atoms with E-state index in [-0.39, 0.29) is 99.3 Å². The first kappa shape index (κ1) is 64.0. The average Bonchev–Trinajstić information content (AvgIpc) is 3.37. The number of nitrogens with zero attached hydrogens (tertiary/aromatic N) is 1. The minimum absolute atomic E-state index is 0.0392. The van der Waals surface area contributed by atoms with E-state index in [0.717, 1.165) is 16.9 Å². The monoisotopic (exact) mass is 1080 g/mol. The van der Waals surface area contributed by atoms with Gasteiger partial charge in [-0.3, -0.25) is 19.2 Å². The van der Waals surface area contributed by atoms with E-state index in [0.29, 0.717) is 63.4 Å². The quantitative estimate of drug-likeness (QED) is 0.0710. The van der Waals surface area contributed by atoms with Crippen LogP contribution in [0.5, 0.6) is 0 Å². The number of hydrogen-bond acceptors (Lipinski definition) is 16. The lowest BCUT2D eigenvalue weighted by Gasteiger charge is -2.43. The molecule has 19 heteroatoms. The van der Waals surface area contributed by atoms with E-state index in [4.69, 9.17) is 33.6 Å². The molecule has 1 saturated carbocycles. The molecule has 4 rings (SSSR count). The largest absolute Gasteiger partial charge is 0.460 e. The van der Waals surface area contributed by atoms with Crippen molar-refractivity contribution in [2.24, 2.45) is 40.6 Å². The molecule has 3 aliphatic heterocycles. The van der Waals surface area contributed by atoms with Gasteiger partial charge in [0, 0.05) is 58.0 Å². The number of rotatable bonds is 14. The third-order valence-electron chi connectivity index (χ3n) is 15.7. The average molecular weight is 1080 g/mol. The summed E-state index contributed by atoms with van der Waals surface area (Å²) < 4.78 is 59.3. The number of methoxy groups -OCH3 is 2. The van der Waals surface area contributed by atoms with Crippen LogP contribution in [0.4, 0.5) is 0 Å². The lowest BCUT2D eigenvalue weighted by Crippen LogP contribution is -2.61. The smallest absolute Gasteiger partial charge is 0.329 e. The van der Waals surface area contributed by atoms with E-state index < -0.39 is 87.8 Å². The molecule has 0 spiro atoms. The molecular formula is C56H90N2O16S. The molecule has 3 heterocycles. The number of amides is 1. The van der Waals surface area contributed by atoms with Gasteiger partial charge in [-0.05, 0) is 120 Å². The molecule has 4 aliphatic rings. The number of unbranched alkanes of at least 4 members (excludes halogenated alkanes) is 1. The molecule has 1 aliphatic carbocycles. The van der Waals surface area contributed by atoms with Crippen LogP contribution >= 0.6 is 0 Å². The maximum Gasteiger partial charge on any atom is 0.329 e. The van der Waals surface area contributed by atoms with Crippen LogP contribution in [0.15, 0.2) is 47.6 Å². The Morgan fingerprint density at radius 2 is 1.60 bits per heavy atom. The van der Waals surface area contributed by atoms with Crippen LogP contribution in [0, 0.1) is 35.5 Å². The van der Waals surface area contributed by atoms with Gasteiger partial charge in [0.05, 0.1) is 43.4 Å². The van der Waals surface area contributed by atoms with E-state index >= 15 is 0 Å². The predicted molar refractivity (Wildman–Crippen MR) is 282 cm³/mol. The number of nitrogens with two attached hydrogens (primary N) is 1. The van der Waals surface area contributed by atoms with Crippen molar-refractivity contribution in [3.05, 3.63) is 47.6 Å². The number of cyclic esters (lactones) is 1. The lowest BCUT2D eigenvalue weighted by molar-refractivity contribution is -0.266. The predicted octanol–water partition coefficient (Wildman–Crippen LogP) is 5.64. The second kappa shape index (κ2) is 30.6. The molecule has 426 valence electrons. The fraction of sp³-hybridized carbons (Fsp3) is 0.768. The van der Waals surface area contributed by atoms with Gasteiger partial charge in [-0.2, -0.15) is 0 Å². The number of carbonyl (C=O) groups is 5. The van der Waals surface area contributed by atoms with Gasteiger partial charge in [0.25, 0.3) is 11.7 Å². The zero-order valence-corrected chi connectivity index (χ0v) is 46.9. The van der Waals surface area contributed by atoms with E-state index in [1.165, 1.54) is 7.11 Å². The van der Waals surface area contributed by atoms with Gasteiger partial charge >= 0.3 is 5.97 Å². The number of esters is 1. The Morgan fingerprint density at radius 1 is 0.867 bits per heavy atom. The van der Waals surface area contributed by atoms with Crippen molar-refractivity contribution in [2.45, 2.75) is 193 Å². The van der Waals surface area contributed by atoms with Crippen LogP contribution in [-0.4, -0.2) is 159 Å². The van der Waals surface area contributed by atoms with Crippen molar-refractivity contribution in [3.8, 4) is 0 Å². The van der Waals surface area contributed by atoms with Crippen molar-refractivity contribution in [1.82, 2.24) is 4.90 Å². The number of ether oxygens (including phenoxy) is 6. The van der Waals surface area contributed by atoms with E-state index in [2.05, 4.69) is 0 Å². The number of ketones is 3. The van der Waals surface area contributed by atoms with Crippen molar-refractivity contribution >= 4 is 39.2 Å². The van der Waals surface area contributed by atoms with E-state index in [9.17, 15) is 47.7 Å². The first-order valence-electron chi connectivity index (χ1n) is 27.2. The maximum atomic E-state index is 14.6. The Morgan fingerprint density at radius 3 is 2.28 bits per heavy atom. The molecule has 0 radical (unpaired) electrons. The topological polar surface area (TPSA) is 265 Å². The second-order valence-corrected chi connectivity index (χ2v) is 23.6. The lowest BCUT2D eigenvalue weighted by atomic mass is 9.78. The molecule has 0 unspecified atom stereocenters. The Kier molecular flexibility index (Phi) is 26.1. The highest BCUT2D eigenvalue weighted by Gasteiger charge is 2.53. The van der Waals surface area contributed by atoms with Crippen molar-refractivity contribution in [3.63, 3.8) is 0 Å². The van der Waals surface area contributed by atoms with Gasteiger partial charge < -0.3 is 48.6 Å². The number of allylic oxidation sites excluding steroid dienone is 6.